The molecular formula is C27H34N4O3. The average molecular weight is 463 g/mol. The number of likely N-dealkylation sites (tertiary alicyclic amines) is 1. The van der Waals surface area contributed by atoms with E-state index < -0.39 is 0 Å². The zero-order chi connectivity index (χ0) is 23.5. The molecule has 7 nitrogen and oxygen atoms in total. The lowest BCUT2D eigenvalue weighted by atomic mass is 9.83. The lowest BCUT2D eigenvalue weighted by Gasteiger charge is -2.45. The van der Waals surface area contributed by atoms with Crippen molar-refractivity contribution >= 4 is 16.8 Å². The number of nitrogens with two attached hydrogens (primary N) is 1. The number of methoxy groups -OCH3 is 1. The summed E-state index contributed by atoms with van der Waals surface area (Å²) >= 11 is 0. The molecule has 2 aliphatic rings. The van der Waals surface area contributed by atoms with Gasteiger partial charge in [0.05, 0.1) is 12.6 Å². The number of primary amides is 1. The van der Waals surface area contributed by atoms with Crippen LogP contribution in [0.5, 0.6) is 11.5 Å². The molecule has 5 rings (SSSR count). The van der Waals surface area contributed by atoms with Crippen molar-refractivity contribution in [2.45, 2.75) is 31.2 Å². The van der Waals surface area contributed by atoms with Gasteiger partial charge in [0.1, 0.15) is 18.1 Å². The molecule has 7 heteroatoms. The molecule has 1 fully saturated rings. The third-order valence-electron chi connectivity index (χ3n) is 7.41. The fourth-order valence-electron chi connectivity index (χ4n) is 5.73. The second kappa shape index (κ2) is 9.68. The van der Waals surface area contributed by atoms with Crippen molar-refractivity contribution in [1.82, 2.24) is 14.8 Å². The number of nitrogens with one attached hydrogen (secondary N) is 1. The van der Waals surface area contributed by atoms with Crippen molar-refractivity contribution < 1.29 is 14.3 Å². The molecule has 1 spiro atoms. The van der Waals surface area contributed by atoms with Crippen LogP contribution in [0.3, 0.4) is 0 Å². The molecule has 0 radical (unpaired) electrons. The zero-order valence-electron chi connectivity index (χ0n) is 19.9. The summed E-state index contributed by atoms with van der Waals surface area (Å²) in [5, 5.41) is 1.26. The molecule has 2 aromatic carbocycles. The Labute approximate surface area is 200 Å². The van der Waals surface area contributed by atoms with Gasteiger partial charge in [-0.25, -0.2) is 0 Å². The molecule has 1 unspecified atom stereocenters. The van der Waals surface area contributed by atoms with Crippen LogP contribution in [0.4, 0.5) is 0 Å². The fraction of sp³-hybridized carbons (Fsp3) is 0.444. The number of carbonyl (C=O) groups excluding carboxylic acids is 1. The van der Waals surface area contributed by atoms with Crippen molar-refractivity contribution in [2.24, 2.45) is 5.73 Å². The normalized spacial score (nSPS) is 20.6. The Hall–Kier alpha value is -3.03. The summed E-state index contributed by atoms with van der Waals surface area (Å²) in [6, 6.07) is 16.3. The average Bonchev–Trinajstić information content (AvgIpc) is 3.44. The van der Waals surface area contributed by atoms with E-state index in [1.54, 1.807) is 7.11 Å². The van der Waals surface area contributed by atoms with Gasteiger partial charge < -0.3 is 20.2 Å². The van der Waals surface area contributed by atoms with E-state index in [0.717, 1.165) is 69.0 Å². The second-order valence-electron chi connectivity index (χ2n) is 9.42. The van der Waals surface area contributed by atoms with Crippen molar-refractivity contribution in [1.29, 1.82) is 0 Å². The second-order valence-corrected chi connectivity index (χ2v) is 9.42. The topological polar surface area (TPSA) is 83.8 Å². The van der Waals surface area contributed by atoms with Crippen LogP contribution < -0.4 is 15.2 Å². The van der Waals surface area contributed by atoms with E-state index in [1.165, 1.54) is 16.6 Å². The minimum Gasteiger partial charge on any atom is -0.497 e. The molecule has 180 valence electrons. The number of rotatable bonds is 9. The molecule has 1 atom stereocenters. The molecule has 34 heavy (non-hydrogen) atoms. The molecule has 0 bridgehead atoms. The van der Waals surface area contributed by atoms with E-state index in [4.69, 9.17) is 15.2 Å². The number of hydrogen-bond donors (Lipinski definition) is 2. The molecule has 3 heterocycles. The van der Waals surface area contributed by atoms with E-state index in [-0.39, 0.29) is 11.4 Å². The van der Waals surface area contributed by atoms with Crippen LogP contribution in [0.1, 0.15) is 30.5 Å². The number of nitrogens with zero attached hydrogens (tertiary/aromatic N) is 2. The van der Waals surface area contributed by atoms with Gasteiger partial charge in [-0.2, -0.15) is 0 Å². The van der Waals surface area contributed by atoms with Crippen LogP contribution in [-0.4, -0.2) is 67.1 Å². The SMILES string of the molecule is COc1ccc2[nH]c3c(c2c1)CCN(CCCC(N)=O)C31CCN(CCOc2ccccc2)C1. The Morgan fingerprint density at radius 1 is 1.12 bits per heavy atom. The van der Waals surface area contributed by atoms with Crippen LogP contribution in [0.15, 0.2) is 48.5 Å². The van der Waals surface area contributed by atoms with E-state index in [9.17, 15) is 4.79 Å². The number of fused-ring (bicyclic) bond motifs is 4. The predicted molar refractivity (Wildman–Crippen MR) is 133 cm³/mol. The smallest absolute Gasteiger partial charge is 0.217 e. The summed E-state index contributed by atoms with van der Waals surface area (Å²) in [5.41, 5.74) is 9.24. The van der Waals surface area contributed by atoms with E-state index >= 15 is 0 Å². The molecule has 3 N–H and O–H groups in total. The van der Waals surface area contributed by atoms with Gasteiger partial charge in [0, 0.05) is 49.2 Å². The van der Waals surface area contributed by atoms with Gasteiger partial charge in [-0.15, -0.1) is 0 Å². The van der Waals surface area contributed by atoms with Gasteiger partial charge in [-0.1, -0.05) is 18.2 Å². The monoisotopic (exact) mass is 462 g/mol. The Morgan fingerprint density at radius 3 is 2.76 bits per heavy atom. The molecule has 3 aromatic rings. The first-order valence-electron chi connectivity index (χ1n) is 12.2. The number of carbonyl (C=O) groups is 1. The number of para-hydroxylation sites is 1. The number of benzene rings is 2. The van der Waals surface area contributed by atoms with E-state index in [2.05, 4.69) is 26.9 Å². The first-order chi connectivity index (χ1) is 16.6. The summed E-state index contributed by atoms with van der Waals surface area (Å²) in [7, 11) is 1.72. The first kappa shape index (κ1) is 22.7. The highest BCUT2D eigenvalue weighted by atomic mass is 16.5. The zero-order valence-corrected chi connectivity index (χ0v) is 19.9. The molecule has 2 aliphatic heterocycles. The van der Waals surface area contributed by atoms with Crippen molar-refractivity contribution in [3.63, 3.8) is 0 Å². The number of hydrogen-bond acceptors (Lipinski definition) is 5. The first-order valence-corrected chi connectivity index (χ1v) is 12.2. The Morgan fingerprint density at radius 2 is 1.97 bits per heavy atom. The number of amides is 1. The van der Waals surface area contributed by atoms with Crippen LogP contribution in [0, 0.1) is 0 Å². The minimum absolute atomic E-state index is 0.0930. The Bertz CT molecular complexity index is 1150. The Balaban J connectivity index is 1.39. The summed E-state index contributed by atoms with van der Waals surface area (Å²) in [4.78, 5) is 20.3. The van der Waals surface area contributed by atoms with Gasteiger partial charge in [0.25, 0.3) is 0 Å². The largest absolute Gasteiger partial charge is 0.497 e. The number of ether oxygens (including phenoxy) is 2. The van der Waals surface area contributed by atoms with E-state index in [0.29, 0.717) is 13.0 Å². The minimum atomic E-state index is -0.226. The number of aromatic amines is 1. The summed E-state index contributed by atoms with van der Waals surface area (Å²) < 4.78 is 11.5. The lowest BCUT2D eigenvalue weighted by Crippen LogP contribution is -2.53. The van der Waals surface area contributed by atoms with Crippen LogP contribution >= 0.6 is 0 Å². The molecule has 1 aromatic heterocycles. The van der Waals surface area contributed by atoms with Crippen LogP contribution in [0.2, 0.25) is 0 Å². The molecule has 0 saturated carbocycles. The summed E-state index contributed by atoms with van der Waals surface area (Å²) in [5.74, 6) is 1.57. The molecule has 1 amide bonds. The van der Waals surface area contributed by atoms with Crippen molar-refractivity contribution in [3.8, 4) is 11.5 Å². The quantitative estimate of drug-likeness (QED) is 0.510. The molecule has 0 aliphatic carbocycles. The van der Waals surface area contributed by atoms with Gasteiger partial charge in [-0.3, -0.25) is 14.6 Å². The highest BCUT2D eigenvalue weighted by Gasteiger charge is 2.48. The molecular weight excluding hydrogens is 428 g/mol. The fourth-order valence-corrected chi connectivity index (χ4v) is 5.73. The highest BCUT2D eigenvalue weighted by Crippen LogP contribution is 2.45. The Kier molecular flexibility index (Phi) is 6.48. The van der Waals surface area contributed by atoms with Crippen molar-refractivity contribution in [2.75, 3.05) is 46.4 Å². The van der Waals surface area contributed by atoms with Gasteiger partial charge in [0.15, 0.2) is 0 Å². The van der Waals surface area contributed by atoms with E-state index in [1.807, 2.05) is 36.4 Å². The van der Waals surface area contributed by atoms with Gasteiger partial charge >= 0.3 is 0 Å². The number of H-pyrrole nitrogens is 1. The molecule has 1 saturated heterocycles. The van der Waals surface area contributed by atoms with Gasteiger partial charge in [0.2, 0.25) is 5.91 Å². The number of aromatic nitrogens is 1. The van der Waals surface area contributed by atoms with Crippen LogP contribution in [-0.2, 0) is 16.8 Å². The maximum absolute atomic E-state index is 11.4. The third-order valence-corrected chi connectivity index (χ3v) is 7.41. The van der Waals surface area contributed by atoms with Crippen LogP contribution in [0.25, 0.3) is 10.9 Å². The summed E-state index contributed by atoms with van der Waals surface area (Å²) in [6.45, 7) is 5.36. The third kappa shape index (κ3) is 4.38. The standard InChI is InChI=1S/C27H34N4O3/c1-33-21-9-10-24-23(18-21)22-11-14-31(13-5-8-25(28)32)27(26(22)29-24)12-15-30(19-27)16-17-34-20-6-3-2-4-7-20/h2-4,6-7,9-10,18,29H,5,8,11-17,19H2,1H3,(H2,28,32). The van der Waals surface area contributed by atoms with Crippen molar-refractivity contribution in [3.05, 3.63) is 59.8 Å². The predicted octanol–water partition coefficient (Wildman–Crippen LogP) is 3.28. The summed E-state index contributed by atoms with van der Waals surface area (Å²) in [6.07, 6.45) is 3.25. The van der Waals surface area contributed by atoms with Gasteiger partial charge in [-0.05, 0) is 61.7 Å². The lowest BCUT2D eigenvalue weighted by molar-refractivity contribution is -0.118. The maximum atomic E-state index is 11.4. The maximum Gasteiger partial charge on any atom is 0.217 e. The highest BCUT2D eigenvalue weighted by molar-refractivity contribution is 5.87.